The topological polar surface area (TPSA) is 97.3 Å². The van der Waals surface area contributed by atoms with E-state index in [0.29, 0.717) is 5.78 Å². The number of carbonyl (C=O) groups excluding carboxylic acids is 3. The van der Waals surface area contributed by atoms with E-state index in [-0.39, 0.29) is 34.0 Å². The molecule has 0 N–H and O–H groups in total. The van der Waals surface area contributed by atoms with Crippen LogP contribution in [0.4, 0.5) is 0 Å². The fourth-order valence-corrected chi connectivity index (χ4v) is 8.82. The first-order valence-corrected chi connectivity index (χ1v) is 22.5. The van der Waals surface area contributed by atoms with Crippen molar-refractivity contribution in [3.8, 4) is 0 Å². The van der Waals surface area contributed by atoms with E-state index in [0.717, 1.165) is 51.4 Å². The molecule has 1 aliphatic rings. The maximum Gasteiger partial charge on any atom is 0.132 e. The van der Waals surface area contributed by atoms with Crippen molar-refractivity contribution in [3.63, 3.8) is 0 Å². The van der Waals surface area contributed by atoms with Gasteiger partial charge in [-0.25, -0.2) is 0 Å². The summed E-state index contributed by atoms with van der Waals surface area (Å²) in [5.41, 5.74) is 0. The molecule has 0 bridgehead atoms. The first kappa shape index (κ1) is 46.8. The van der Waals surface area contributed by atoms with Crippen molar-refractivity contribution < 1.29 is 24.6 Å². The van der Waals surface area contributed by atoms with Crippen molar-refractivity contribution in [1.29, 1.82) is 0 Å². The molecule has 0 radical (unpaired) electrons. The van der Waals surface area contributed by atoms with Crippen LogP contribution in [-0.2, 0) is 14.4 Å². The van der Waals surface area contributed by atoms with Crippen molar-refractivity contribution in [3.05, 3.63) is 0 Å². The fourth-order valence-electron chi connectivity index (χ4n) is 4.66. The minimum absolute atomic E-state index is 0.149. The van der Waals surface area contributed by atoms with Crippen LogP contribution < -0.4 is 10.2 Å². The number of Topliss-reactive ketones (excluding diaryl/α,β-unsaturated/α-hetero) is 1. The van der Waals surface area contributed by atoms with Crippen molar-refractivity contribution in [2.24, 2.45) is 0 Å². The van der Waals surface area contributed by atoms with Crippen LogP contribution in [0.5, 0.6) is 0 Å². The van der Waals surface area contributed by atoms with Gasteiger partial charge in [-0.3, -0.25) is 4.79 Å². The van der Waals surface area contributed by atoms with Gasteiger partial charge < -0.3 is 19.8 Å². The number of rotatable bonds is 26. The monoisotopic (exact) mass is 716 g/mol. The first-order chi connectivity index (χ1) is 20.8. The molecule has 0 atom stereocenters. The van der Waals surface area contributed by atoms with Gasteiger partial charge >= 0.3 is 69.5 Å². The molecule has 0 aromatic carbocycles. The van der Waals surface area contributed by atoms with E-state index in [2.05, 4.69) is 27.7 Å². The summed E-state index contributed by atoms with van der Waals surface area (Å²) >= 11 is 0.149. The molecule has 6 heteroatoms. The third-order valence-corrected chi connectivity index (χ3v) is 11.6. The summed E-state index contributed by atoms with van der Waals surface area (Å²) in [7, 11) is 0. The van der Waals surface area contributed by atoms with Gasteiger partial charge in [0.25, 0.3) is 0 Å². The van der Waals surface area contributed by atoms with Crippen molar-refractivity contribution in [2.75, 3.05) is 0 Å². The molecule has 0 unspecified atom stereocenters. The van der Waals surface area contributed by atoms with E-state index >= 15 is 0 Å². The Morgan fingerprint density at radius 1 is 0.488 bits per heavy atom. The summed E-state index contributed by atoms with van der Waals surface area (Å²) in [4.78, 5) is 30.4. The standard InChI is InChI=1S/2C12H24O2.C5H8O.2C4H9.Sn/c2*1-2-3-4-5-6-7-8-9-10-11-12(13)14;6-5-3-1-2-4-5;2*1-3-4-2;/h2*2-11H2,1H3,(H,13,14);1-4H2;2*1,3-4H2,2H3;/q;;;;;+2/p-2. The molecule has 0 heterocycles. The molecular weight excluding hydrogens is 643 g/mol. The average Bonchev–Trinajstić information content (AvgIpc) is 3.47. The van der Waals surface area contributed by atoms with Crippen LogP contribution in [0.1, 0.15) is 207 Å². The quantitative estimate of drug-likeness (QED) is 0.0657. The van der Waals surface area contributed by atoms with Gasteiger partial charge in [-0.15, -0.1) is 0 Å². The average molecular weight is 716 g/mol. The molecule has 43 heavy (non-hydrogen) atoms. The molecule has 1 fully saturated rings. The zero-order valence-corrected chi connectivity index (χ0v) is 32.1. The Labute approximate surface area is 278 Å². The van der Waals surface area contributed by atoms with Gasteiger partial charge in [-0.05, 0) is 38.5 Å². The number of ketones is 1. The van der Waals surface area contributed by atoms with Crippen molar-refractivity contribution >= 4 is 38.9 Å². The van der Waals surface area contributed by atoms with E-state index in [9.17, 15) is 24.6 Å². The van der Waals surface area contributed by atoms with E-state index in [1.807, 2.05) is 0 Å². The van der Waals surface area contributed by atoms with Gasteiger partial charge in [0, 0.05) is 24.8 Å². The zero-order chi connectivity index (χ0) is 32.7. The van der Waals surface area contributed by atoms with Crippen LogP contribution in [0.15, 0.2) is 0 Å². The Morgan fingerprint density at radius 3 is 1.00 bits per heavy atom. The van der Waals surface area contributed by atoms with Crippen LogP contribution in [0.3, 0.4) is 0 Å². The van der Waals surface area contributed by atoms with Crippen LogP contribution in [0.2, 0.25) is 8.87 Å². The maximum absolute atomic E-state index is 10.2. The number of hydrogen-bond acceptors (Lipinski definition) is 5. The van der Waals surface area contributed by atoms with E-state index in [4.69, 9.17) is 0 Å². The largest absolute Gasteiger partial charge is 0.300 e. The molecule has 0 aromatic heterocycles. The van der Waals surface area contributed by atoms with Gasteiger partial charge in [-0.2, -0.15) is 0 Å². The Balaban J connectivity index is -0.000000518. The van der Waals surface area contributed by atoms with Gasteiger partial charge in [-0.1, -0.05) is 117 Å². The molecule has 1 saturated carbocycles. The maximum atomic E-state index is 10.2. The molecule has 5 nitrogen and oxygen atoms in total. The number of carboxylic acids is 2. The number of carbonyl (C=O) groups is 3. The van der Waals surface area contributed by atoms with Gasteiger partial charge in [0.2, 0.25) is 0 Å². The Morgan fingerprint density at radius 2 is 0.767 bits per heavy atom. The molecule has 254 valence electrons. The summed E-state index contributed by atoms with van der Waals surface area (Å²) in [5.74, 6) is -1.36. The molecule has 1 aliphatic carbocycles. The number of unbranched alkanes of at least 4 members (excludes halogenated alkanes) is 18. The second-order valence-corrected chi connectivity index (χ2v) is 16.4. The zero-order valence-electron chi connectivity index (χ0n) is 29.3. The van der Waals surface area contributed by atoms with Crippen molar-refractivity contribution in [2.45, 2.75) is 216 Å². The van der Waals surface area contributed by atoms with Crippen LogP contribution >= 0.6 is 0 Å². The second kappa shape index (κ2) is 43.5. The summed E-state index contributed by atoms with van der Waals surface area (Å²) in [5, 5.41) is 20.2. The van der Waals surface area contributed by atoms with Gasteiger partial charge in [0.05, 0.1) is 0 Å². The number of aliphatic carboxylic acids is 2. The summed E-state index contributed by atoms with van der Waals surface area (Å²) in [6.07, 6.45) is 32.1. The van der Waals surface area contributed by atoms with E-state index in [1.165, 1.54) is 116 Å². The predicted molar refractivity (Wildman–Crippen MR) is 182 cm³/mol. The Bertz CT molecular complexity index is 521. The fraction of sp³-hybridized carbons (Fsp3) is 0.919. The Hall–Kier alpha value is -0.591. The molecule has 0 aliphatic heterocycles. The SMILES string of the molecule is CCCCCCCCCCCC(=O)[O-].CCCCCCCCCCCC(=O)[O-].CCC[CH2][Sn+2][CH2]CCC.O=C1CCCC1. The first-order valence-electron chi connectivity index (χ1n) is 18.5. The van der Waals surface area contributed by atoms with E-state index in [1.54, 1.807) is 8.87 Å². The second-order valence-electron chi connectivity index (χ2n) is 12.1. The Kier molecular flexibility index (Phi) is 47.4. The molecule has 0 saturated heterocycles. The number of carboxylic acid groups (broad SMARTS) is 2. The van der Waals surface area contributed by atoms with Gasteiger partial charge in [0.1, 0.15) is 5.78 Å². The third kappa shape index (κ3) is 54.3. The van der Waals surface area contributed by atoms with Crippen LogP contribution in [0, 0.1) is 0 Å². The molecule has 0 amide bonds. The predicted octanol–water partition coefficient (Wildman–Crippen LogP) is 9.57. The molecular formula is C37H72O5Sn. The normalized spacial score (nSPS) is 11.8. The molecule has 0 aromatic rings. The summed E-state index contributed by atoms with van der Waals surface area (Å²) in [6, 6.07) is 0. The number of hydrogen-bond donors (Lipinski definition) is 0. The van der Waals surface area contributed by atoms with Crippen molar-refractivity contribution in [1.82, 2.24) is 0 Å². The van der Waals surface area contributed by atoms with Crippen LogP contribution in [0.25, 0.3) is 0 Å². The molecule has 1 rings (SSSR count). The summed E-state index contributed by atoms with van der Waals surface area (Å²) in [6.45, 7) is 9.03. The minimum Gasteiger partial charge on any atom is -0.300 e. The van der Waals surface area contributed by atoms with Crippen LogP contribution in [-0.4, -0.2) is 38.9 Å². The van der Waals surface area contributed by atoms with E-state index < -0.39 is 11.9 Å². The smallest absolute Gasteiger partial charge is 0.132 e. The summed E-state index contributed by atoms with van der Waals surface area (Å²) < 4.78 is 3.25. The molecule has 0 spiro atoms. The minimum atomic E-state index is -0.909. The van der Waals surface area contributed by atoms with Gasteiger partial charge in [0.15, 0.2) is 0 Å². The third-order valence-electron chi connectivity index (χ3n) is 7.54.